The van der Waals surface area contributed by atoms with E-state index in [2.05, 4.69) is 4.72 Å². The first-order valence-corrected chi connectivity index (χ1v) is 10.8. The van der Waals surface area contributed by atoms with Crippen LogP contribution in [0.3, 0.4) is 0 Å². The second-order valence-electron chi connectivity index (χ2n) is 5.34. The van der Waals surface area contributed by atoms with E-state index in [-0.39, 0.29) is 4.90 Å². The van der Waals surface area contributed by atoms with Gasteiger partial charge in [-0.3, -0.25) is 4.72 Å². The Morgan fingerprint density at radius 2 is 1.58 bits per heavy atom. The highest BCUT2D eigenvalue weighted by atomic mass is 35.5. The van der Waals surface area contributed by atoms with E-state index in [1.807, 2.05) is 36.6 Å². The first kappa shape index (κ1) is 18.6. The largest absolute Gasteiger partial charge is 0.457 e. The molecule has 0 bridgehead atoms. The molecule has 0 aliphatic carbocycles. The van der Waals surface area contributed by atoms with Gasteiger partial charge in [0.05, 0.1) is 0 Å². The normalized spacial score (nSPS) is 11.2. The maximum Gasteiger partial charge on any atom is 0.263 e. The van der Waals surface area contributed by atoms with Crippen molar-refractivity contribution in [2.45, 2.75) is 9.79 Å². The molecule has 0 heterocycles. The minimum atomic E-state index is -3.75. The van der Waals surface area contributed by atoms with Crippen LogP contribution in [0.25, 0.3) is 0 Å². The first-order valence-electron chi connectivity index (χ1n) is 7.67. The van der Waals surface area contributed by atoms with Crippen LogP contribution in [0.2, 0.25) is 5.02 Å². The molecular weight excluding hydrogens is 390 g/mol. The molecule has 0 radical (unpaired) electrons. The van der Waals surface area contributed by atoms with E-state index >= 15 is 0 Å². The fourth-order valence-corrected chi connectivity index (χ4v) is 4.74. The monoisotopic (exact) mass is 405 g/mol. The van der Waals surface area contributed by atoms with Crippen LogP contribution in [0.5, 0.6) is 11.5 Å². The summed E-state index contributed by atoms with van der Waals surface area (Å²) in [5.74, 6) is 1.33. The van der Waals surface area contributed by atoms with Gasteiger partial charge in [0.15, 0.2) is 0 Å². The van der Waals surface area contributed by atoms with Gasteiger partial charge in [-0.25, -0.2) is 8.42 Å². The van der Waals surface area contributed by atoms with Gasteiger partial charge in [-0.05, 0) is 60.9 Å². The molecule has 0 atom stereocenters. The van der Waals surface area contributed by atoms with Crippen LogP contribution in [0.1, 0.15) is 0 Å². The molecule has 3 aromatic rings. The lowest BCUT2D eigenvalue weighted by molar-refractivity contribution is 0.483. The summed E-state index contributed by atoms with van der Waals surface area (Å²) in [7, 11) is -3.75. The van der Waals surface area contributed by atoms with Crippen LogP contribution in [0, 0.1) is 0 Å². The fourth-order valence-electron chi connectivity index (χ4n) is 2.29. The van der Waals surface area contributed by atoms with Crippen LogP contribution in [-0.4, -0.2) is 14.7 Å². The Labute approximate surface area is 162 Å². The number of ether oxygens (including phenoxy) is 1. The van der Waals surface area contributed by atoms with Gasteiger partial charge in [0.2, 0.25) is 0 Å². The van der Waals surface area contributed by atoms with Crippen LogP contribution in [0.15, 0.2) is 82.6 Å². The molecule has 0 aromatic heterocycles. The summed E-state index contributed by atoms with van der Waals surface area (Å²) < 4.78 is 33.7. The summed E-state index contributed by atoms with van der Waals surface area (Å²) in [4.78, 5) is 0.785. The summed E-state index contributed by atoms with van der Waals surface area (Å²) in [6.07, 6.45) is 1.82. The lowest BCUT2D eigenvalue weighted by Gasteiger charge is -2.12. The predicted octanol–water partition coefficient (Wildman–Crippen LogP) is 5.66. The standard InChI is InChI=1S/C19H16ClNO3S2/c1-25-18-12-7-14(20)13-19(18)26(22,23)21-15-8-10-17(11-9-15)24-16-5-3-2-4-6-16/h2-13,21H,1H3. The van der Waals surface area contributed by atoms with Gasteiger partial charge >= 0.3 is 0 Å². The molecule has 134 valence electrons. The lowest BCUT2D eigenvalue weighted by Crippen LogP contribution is -2.13. The number of sulfonamides is 1. The molecule has 0 unspecified atom stereocenters. The Hall–Kier alpha value is -2.15. The average molecular weight is 406 g/mol. The third-order valence-electron chi connectivity index (χ3n) is 3.50. The molecule has 0 aliphatic heterocycles. The maximum absolute atomic E-state index is 12.7. The second kappa shape index (κ2) is 8.03. The van der Waals surface area contributed by atoms with Gasteiger partial charge in [0, 0.05) is 15.6 Å². The van der Waals surface area contributed by atoms with E-state index in [0.29, 0.717) is 27.1 Å². The Morgan fingerprint density at radius 3 is 2.23 bits per heavy atom. The van der Waals surface area contributed by atoms with Crippen molar-refractivity contribution < 1.29 is 13.2 Å². The molecule has 0 saturated heterocycles. The van der Waals surface area contributed by atoms with Crippen molar-refractivity contribution in [3.05, 3.63) is 77.8 Å². The summed E-state index contributed by atoms with van der Waals surface area (Å²) >= 11 is 7.31. The van der Waals surface area contributed by atoms with Crippen molar-refractivity contribution in [1.82, 2.24) is 0 Å². The summed E-state index contributed by atoms with van der Waals surface area (Å²) in [5, 5.41) is 0.370. The molecule has 0 saturated carbocycles. The number of para-hydroxylation sites is 1. The highest BCUT2D eigenvalue weighted by Gasteiger charge is 2.19. The minimum absolute atomic E-state index is 0.155. The molecule has 7 heteroatoms. The van der Waals surface area contributed by atoms with Crippen molar-refractivity contribution in [3.63, 3.8) is 0 Å². The predicted molar refractivity (Wildman–Crippen MR) is 107 cm³/mol. The zero-order valence-electron chi connectivity index (χ0n) is 13.8. The van der Waals surface area contributed by atoms with E-state index in [9.17, 15) is 8.42 Å². The number of halogens is 1. The third-order valence-corrected chi connectivity index (χ3v) is 6.08. The average Bonchev–Trinajstić information content (AvgIpc) is 2.64. The van der Waals surface area contributed by atoms with Crippen molar-refractivity contribution in [2.75, 3.05) is 11.0 Å². The summed E-state index contributed by atoms with van der Waals surface area (Å²) in [6, 6.07) is 20.9. The van der Waals surface area contributed by atoms with Crippen LogP contribution in [-0.2, 0) is 10.0 Å². The topological polar surface area (TPSA) is 55.4 Å². The zero-order valence-corrected chi connectivity index (χ0v) is 16.2. The summed E-state index contributed by atoms with van der Waals surface area (Å²) in [6.45, 7) is 0. The molecule has 26 heavy (non-hydrogen) atoms. The van der Waals surface area contributed by atoms with Gasteiger partial charge in [-0.1, -0.05) is 29.8 Å². The van der Waals surface area contributed by atoms with Gasteiger partial charge in [-0.15, -0.1) is 11.8 Å². The van der Waals surface area contributed by atoms with E-state index < -0.39 is 10.0 Å². The fraction of sp³-hybridized carbons (Fsp3) is 0.0526. The Kier molecular flexibility index (Phi) is 5.76. The highest BCUT2D eigenvalue weighted by Crippen LogP contribution is 2.30. The van der Waals surface area contributed by atoms with Crippen molar-refractivity contribution in [3.8, 4) is 11.5 Å². The number of thioether (sulfide) groups is 1. The third kappa shape index (κ3) is 4.52. The Morgan fingerprint density at radius 1 is 0.923 bits per heavy atom. The number of nitrogens with one attached hydrogen (secondary N) is 1. The smallest absolute Gasteiger partial charge is 0.263 e. The van der Waals surface area contributed by atoms with Gasteiger partial charge in [0.1, 0.15) is 16.4 Å². The lowest BCUT2D eigenvalue weighted by atomic mass is 10.3. The van der Waals surface area contributed by atoms with Gasteiger partial charge in [0.25, 0.3) is 10.0 Å². The first-order chi connectivity index (χ1) is 12.5. The number of hydrogen-bond donors (Lipinski definition) is 1. The second-order valence-corrected chi connectivity index (χ2v) is 8.28. The summed E-state index contributed by atoms with van der Waals surface area (Å²) in [5.41, 5.74) is 0.442. The van der Waals surface area contributed by atoms with Gasteiger partial charge in [-0.2, -0.15) is 0 Å². The minimum Gasteiger partial charge on any atom is -0.457 e. The molecule has 4 nitrogen and oxygen atoms in total. The molecule has 0 aliphatic rings. The highest BCUT2D eigenvalue weighted by molar-refractivity contribution is 7.99. The molecule has 0 spiro atoms. The Bertz CT molecular complexity index is 991. The molecule has 1 N–H and O–H groups in total. The molecule has 3 rings (SSSR count). The van der Waals surface area contributed by atoms with Crippen LogP contribution >= 0.6 is 23.4 Å². The Balaban J connectivity index is 1.79. The molecule has 3 aromatic carbocycles. The number of rotatable bonds is 6. The van der Waals surface area contributed by atoms with Crippen molar-refractivity contribution in [1.29, 1.82) is 0 Å². The van der Waals surface area contributed by atoms with Crippen molar-refractivity contribution in [2.24, 2.45) is 0 Å². The maximum atomic E-state index is 12.7. The van der Waals surface area contributed by atoms with Crippen LogP contribution in [0.4, 0.5) is 5.69 Å². The SMILES string of the molecule is CSc1ccc(Cl)cc1S(=O)(=O)Nc1ccc(Oc2ccccc2)cc1. The van der Waals surface area contributed by atoms with E-state index in [1.165, 1.54) is 17.8 Å². The number of hydrogen-bond acceptors (Lipinski definition) is 4. The van der Waals surface area contributed by atoms with E-state index in [1.54, 1.807) is 36.4 Å². The molecular formula is C19H16ClNO3S2. The van der Waals surface area contributed by atoms with Crippen molar-refractivity contribution >= 4 is 39.1 Å². The number of benzene rings is 3. The van der Waals surface area contributed by atoms with E-state index in [0.717, 1.165) is 0 Å². The van der Waals surface area contributed by atoms with Gasteiger partial charge < -0.3 is 4.74 Å². The molecule has 0 amide bonds. The zero-order chi connectivity index (χ0) is 18.6. The molecule has 0 fully saturated rings. The van der Waals surface area contributed by atoms with E-state index in [4.69, 9.17) is 16.3 Å². The van der Waals surface area contributed by atoms with Crippen LogP contribution < -0.4 is 9.46 Å². The quantitative estimate of drug-likeness (QED) is 0.538. The number of anilines is 1.